The van der Waals surface area contributed by atoms with Gasteiger partial charge in [-0.2, -0.15) is 0 Å². The molecule has 130 valence electrons. The van der Waals surface area contributed by atoms with E-state index in [0.29, 0.717) is 11.1 Å². The largest absolute Gasteiger partial charge is 0.451 e. The minimum absolute atomic E-state index is 0.0733. The molecule has 0 amide bonds. The molecule has 6 nitrogen and oxygen atoms in total. The Bertz CT molecular complexity index is 857. The van der Waals surface area contributed by atoms with Gasteiger partial charge in [0.25, 0.3) is 5.69 Å². The summed E-state index contributed by atoms with van der Waals surface area (Å²) in [6, 6.07) is 9.26. The molecule has 0 N–H and O–H groups in total. The fourth-order valence-electron chi connectivity index (χ4n) is 2.40. The molecule has 0 spiro atoms. The van der Waals surface area contributed by atoms with Crippen LogP contribution in [0.5, 0.6) is 0 Å². The van der Waals surface area contributed by atoms with E-state index >= 15 is 0 Å². The van der Waals surface area contributed by atoms with Gasteiger partial charge in [0, 0.05) is 17.2 Å². The van der Waals surface area contributed by atoms with Crippen LogP contribution in [0.1, 0.15) is 44.3 Å². The summed E-state index contributed by atoms with van der Waals surface area (Å²) in [7, 11) is 0. The maximum Gasteiger partial charge on any atom is 0.338 e. The standard InChI is InChI=1S/C19H19NO5/c1-11-5-6-15(9-12(11)2)18(21)14(4)25-19(22)16-7-8-17(20(23)24)13(3)10-16/h5-10,14H,1-4H3/t14-/m1/s1. The van der Waals surface area contributed by atoms with Crippen molar-refractivity contribution >= 4 is 17.4 Å². The fourth-order valence-corrected chi connectivity index (χ4v) is 2.40. The summed E-state index contributed by atoms with van der Waals surface area (Å²) in [5.74, 6) is -0.988. The Morgan fingerprint density at radius 1 is 0.960 bits per heavy atom. The second kappa shape index (κ2) is 7.25. The Balaban J connectivity index is 2.14. The van der Waals surface area contributed by atoms with E-state index in [1.54, 1.807) is 19.1 Å². The second-order valence-electron chi connectivity index (χ2n) is 5.97. The molecule has 2 aromatic carbocycles. The molecule has 0 aromatic heterocycles. The number of carbonyl (C=O) groups excluding carboxylic acids is 2. The van der Waals surface area contributed by atoms with E-state index in [4.69, 9.17) is 4.74 Å². The number of rotatable bonds is 5. The Morgan fingerprint density at radius 2 is 1.56 bits per heavy atom. The first-order valence-corrected chi connectivity index (χ1v) is 7.78. The fraction of sp³-hybridized carbons (Fsp3) is 0.263. The highest BCUT2D eigenvalue weighted by atomic mass is 16.6. The summed E-state index contributed by atoms with van der Waals surface area (Å²) in [5.41, 5.74) is 2.98. The van der Waals surface area contributed by atoms with Crippen LogP contribution in [0.3, 0.4) is 0 Å². The lowest BCUT2D eigenvalue weighted by Gasteiger charge is -2.13. The van der Waals surface area contributed by atoms with Gasteiger partial charge in [0.1, 0.15) is 0 Å². The predicted octanol–water partition coefficient (Wildman–Crippen LogP) is 3.95. The van der Waals surface area contributed by atoms with Crippen molar-refractivity contribution in [2.45, 2.75) is 33.8 Å². The summed E-state index contributed by atoms with van der Waals surface area (Å²) >= 11 is 0. The van der Waals surface area contributed by atoms with Crippen molar-refractivity contribution in [3.8, 4) is 0 Å². The van der Waals surface area contributed by atoms with Crippen molar-refractivity contribution in [1.82, 2.24) is 0 Å². The van der Waals surface area contributed by atoms with Crippen molar-refractivity contribution < 1.29 is 19.2 Å². The van der Waals surface area contributed by atoms with Gasteiger partial charge in [-0.25, -0.2) is 4.79 Å². The highest BCUT2D eigenvalue weighted by Crippen LogP contribution is 2.20. The molecular weight excluding hydrogens is 322 g/mol. The topological polar surface area (TPSA) is 86.5 Å². The summed E-state index contributed by atoms with van der Waals surface area (Å²) in [6.07, 6.45) is -0.954. The maximum absolute atomic E-state index is 12.4. The van der Waals surface area contributed by atoms with Crippen molar-refractivity contribution in [1.29, 1.82) is 0 Å². The molecule has 6 heteroatoms. The van der Waals surface area contributed by atoms with Gasteiger partial charge in [-0.1, -0.05) is 12.1 Å². The lowest BCUT2D eigenvalue weighted by Crippen LogP contribution is -2.24. The average molecular weight is 341 g/mol. The molecule has 0 saturated carbocycles. The Morgan fingerprint density at radius 3 is 2.12 bits per heavy atom. The van der Waals surface area contributed by atoms with Gasteiger partial charge < -0.3 is 4.74 Å². The Labute approximate surface area is 145 Å². The minimum atomic E-state index is -0.954. The SMILES string of the molecule is Cc1ccc(C(=O)[C@@H](C)OC(=O)c2ccc([N+](=O)[O-])c(C)c2)cc1C. The number of ether oxygens (including phenoxy) is 1. The molecule has 0 radical (unpaired) electrons. The number of nitro benzene ring substituents is 1. The summed E-state index contributed by atoms with van der Waals surface area (Å²) in [5, 5.41) is 10.8. The Kier molecular flexibility index (Phi) is 5.32. The maximum atomic E-state index is 12.4. The van der Waals surface area contributed by atoms with Gasteiger partial charge in [0.2, 0.25) is 5.78 Å². The van der Waals surface area contributed by atoms with Crippen LogP contribution >= 0.6 is 0 Å². The van der Waals surface area contributed by atoms with Crippen molar-refractivity contribution in [2.24, 2.45) is 0 Å². The lowest BCUT2D eigenvalue weighted by atomic mass is 10.0. The summed E-state index contributed by atoms with van der Waals surface area (Å²) in [6.45, 7) is 6.90. The molecule has 2 rings (SSSR count). The summed E-state index contributed by atoms with van der Waals surface area (Å²) < 4.78 is 5.22. The number of nitro groups is 1. The predicted molar refractivity (Wildman–Crippen MR) is 93.0 cm³/mol. The number of aryl methyl sites for hydroxylation is 3. The number of ketones is 1. The van der Waals surface area contributed by atoms with Crippen LogP contribution in [-0.4, -0.2) is 22.8 Å². The van der Waals surface area contributed by atoms with Gasteiger partial charge in [0.05, 0.1) is 10.5 Å². The number of esters is 1. The molecule has 0 aliphatic carbocycles. The molecule has 0 aliphatic rings. The average Bonchev–Trinajstić information content (AvgIpc) is 2.56. The first kappa shape index (κ1) is 18.3. The van der Waals surface area contributed by atoms with Gasteiger partial charge in [-0.3, -0.25) is 14.9 Å². The smallest absolute Gasteiger partial charge is 0.338 e. The van der Waals surface area contributed by atoms with Crippen molar-refractivity contribution in [3.05, 3.63) is 74.3 Å². The zero-order valence-corrected chi connectivity index (χ0v) is 14.5. The molecule has 2 aromatic rings. The quantitative estimate of drug-likeness (QED) is 0.356. The van der Waals surface area contributed by atoms with Crippen LogP contribution in [0.25, 0.3) is 0 Å². The molecule has 1 atom stereocenters. The number of nitrogens with zero attached hydrogens (tertiary/aromatic N) is 1. The van der Waals surface area contributed by atoms with Crippen LogP contribution in [0.4, 0.5) is 5.69 Å². The summed E-state index contributed by atoms with van der Waals surface area (Å²) in [4.78, 5) is 34.9. The number of hydrogen-bond donors (Lipinski definition) is 0. The highest BCUT2D eigenvalue weighted by molar-refractivity contribution is 6.01. The zero-order valence-electron chi connectivity index (χ0n) is 14.5. The normalized spacial score (nSPS) is 11.7. The van der Waals surface area contributed by atoms with Gasteiger partial charge >= 0.3 is 5.97 Å². The number of hydrogen-bond acceptors (Lipinski definition) is 5. The minimum Gasteiger partial charge on any atom is -0.451 e. The van der Waals surface area contributed by atoms with Crippen LogP contribution < -0.4 is 0 Å². The van der Waals surface area contributed by atoms with E-state index in [2.05, 4.69) is 0 Å². The van der Waals surface area contributed by atoms with Gasteiger partial charge in [-0.15, -0.1) is 0 Å². The second-order valence-corrected chi connectivity index (χ2v) is 5.97. The third-order valence-corrected chi connectivity index (χ3v) is 4.07. The molecule has 0 fully saturated rings. The molecule has 0 bridgehead atoms. The van der Waals surface area contributed by atoms with Crippen LogP contribution in [0.15, 0.2) is 36.4 Å². The van der Waals surface area contributed by atoms with E-state index in [-0.39, 0.29) is 17.0 Å². The monoisotopic (exact) mass is 341 g/mol. The van der Waals surface area contributed by atoms with Gasteiger partial charge in [0.15, 0.2) is 6.10 Å². The Hall–Kier alpha value is -3.02. The van der Waals surface area contributed by atoms with E-state index < -0.39 is 17.0 Å². The molecule has 0 aliphatic heterocycles. The molecule has 0 heterocycles. The molecule has 0 saturated heterocycles. The van der Waals surface area contributed by atoms with Crippen molar-refractivity contribution in [3.63, 3.8) is 0 Å². The first-order valence-electron chi connectivity index (χ1n) is 7.78. The lowest BCUT2D eigenvalue weighted by molar-refractivity contribution is -0.385. The molecule has 25 heavy (non-hydrogen) atoms. The van der Waals surface area contributed by atoms with E-state index in [0.717, 1.165) is 11.1 Å². The van der Waals surface area contributed by atoms with Crippen LogP contribution in [0, 0.1) is 30.9 Å². The first-order chi connectivity index (χ1) is 11.7. The number of carbonyl (C=O) groups is 2. The zero-order chi connectivity index (χ0) is 18.7. The van der Waals surface area contributed by atoms with E-state index in [9.17, 15) is 19.7 Å². The highest BCUT2D eigenvalue weighted by Gasteiger charge is 2.22. The van der Waals surface area contributed by atoms with Crippen molar-refractivity contribution in [2.75, 3.05) is 0 Å². The number of benzene rings is 2. The van der Waals surface area contributed by atoms with E-state index in [1.165, 1.54) is 25.1 Å². The van der Waals surface area contributed by atoms with Crippen LogP contribution in [-0.2, 0) is 4.74 Å². The third-order valence-electron chi connectivity index (χ3n) is 4.07. The van der Waals surface area contributed by atoms with E-state index in [1.807, 2.05) is 19.9 Å². The molecular formula is C19H19NO5. The third kappa shape index (κ3) is 4.09. The van der Waals surface area contributed by atoms with Crippen LogP contribution in [0.2, 0.25) is 0 Å². The molecule has 0 unspecified atom stereocenters. The van der Waals surface area contributed by atoms with Gasteiger partial charge in [-0.05, 0) is 57.0 Å². The number of Topliss-reactive ketones (excluding diaryl/α,β-unsaturated/α-hetero) is 1.